The van der Waals surface area contributed by atoms with E-state index in [0.29, 0.717) is 0 Å². The number of aryl methyl sites for hydroxylation is 1. The maximum absolute atomic E-state index is 4.20. The van der Waals surface area contributed by atoms with Crippen molar-refractivity contribution in [3.63, 3.8) is 0 Å². The van der Waals surface area contributed by atoms with Gasteiger partial charge in [0.2, 0.25) is 0 Å². The highest BCUT2D eigenvalue weighted by atomic mass is 32.1. The van der Waals surface area contributed by atoms with Crippen LogP contribution in [-0.4, -0.2) is 0 Å². The normalized spacial score (nSPS) is 12.7. The third kappa shape index (κ3) is 6.96. The van der Waals surface area contributed by atoms with Gasteiger partial charge in [0.05, 0.1) is 5.69 Å². The fourth-order valence-electron chi connectivity index (χ4n) is 11.4. The fourth-order valence-corrected chi connectivity index (χ4v) is 13.9. The standard InChI is InChI=1S/C67H50N2S2/c1-5-50-56-34-19-32-51(65(56)70-62(50)6-2)44-22-18-28-48(40-44)69(46-25-11-8-12-26-46)61-42-60-64(55-31-14-13-29-53(55)61)58-38-37-49(41-59(58)67(60,3)4)68(45-23-9-7-10-24-45)47-27-17-21-43(39-47)52-33-20-35-57-54-30-15-16-36-63(54)71-66(52)57/h5,7-42H,1,6H2,2-4H3. The zero-order valence-corrected chi connectivity index (χ0v) is 41.6. The molecule has 13 rings (SSSR count). The van der Waals surface area contributed by atoms with Crippen LogP contribution in [0.5, 0.6) is 0 Å². The van der Waals surface area contributed by atoms with E-state index >= 15 is 0 Å². The Hall–Kier alpha value is -8.02. The number of thiophene rings is 2. The van der Waals surface area contributed by atoms with Gasteiger partial charge in [-0.2, -0.15) is 0 Å². The summed E-state index contributed by atoms with van der Waals surface area (Å²) in [6, 6.07) is 80.9. The molecule has 1 aliphatic rings. The van der Waals surface area contributed by atoms with Crippen molar-refractivity contribution >= 4 is 104 Å². The molecule has 0 fully saturated rings. The molecule has 0 aliphatic heterocycles. The van der Waals surface area contributed by atoms with E-state index in [1.807, 2.05) is 28.7 Å². The lowest BCUT2D eigenvalue weighted by atomic mass is 9.81. The predicted molar refractivity (Wildman–Crippen MR) is 309 cm³/mol. The van der Waals surface area contributed by atoms with Crippen molar-refractivity contribution in [2.75, 3.05) is 9.80 Å². The van der Waals surface area contributed by atoms with Crippen molar-refractivity contribution in [1.82, 2.24) is 0 Å². The average molecular weight is 947 g/mol. The molecule has 1 aliphatic carbocycles. The Morgan fingerprint density at radius 1 is 0.437 bits per heavy atom. The number of fused-ring (bicyclic) bond motifs is 9. The Balaban J connectivity index is 0.951. The SMILES string of the molecule is C=Cc1c(CC)sc2c(-c3cccc(N(c4ccccc4)c4cc5c(c6ccccc46)-c4ccc(N(c6ccccc6)c6cccc(-c7cccc8c7sc7ccccc78)c6)cc4C5(C)C)c3)cccc12. The van der Waals surface area contributed by atoms with Gasteiger partial charge in [0.1, 0.15) is 0 Å². The molecule has 0 saturated carbocycles. The Bertz CT molecular complexity index is 4050. The molecular weight excluding hydrogens is 897 g/mol. The molecule has 2 nitrogen and oxygen atoms in total. The van der Waals surface area contributed by atoms with Gasteiger partial charge in [-0.15, -0.1) is 22.7 Å². The van der Waals surface area contributed by atoms with Gasteiger partial charge in [-0.3, -0.25) is 0 Å². The van der Waals surface area contributed by atoms with Gasteiger partial charge in [0, 0.05) is 74.4 Å². The van der Waals surface area contributed by atoms with Gasteiger partial charge in [0.25, 0.3) is 0 Å². The van der Waals surface area contributed by atoms with Crippen molar-refractivity contribution < 1.29 is 0 Å². The molecule has 0 bridgehead atoms. The predicted octanol–water partition coefficient (Wildman–Crippen LogP) is 20.2. The smallest absolute Gasteiger partial charge is 0.0543 e. The van der Waals surface area contributed by atoms with Crippen molar-refractivity contribution in [3.05, 3.63) is 247 Å². The highest BCUT2D eigenvalue weighted by molar-refractivity contribution is 7.26. The van der Waals surface area contributed by atoms with Crippen LogP contribution in [0.25, 0.3) is 80.5 Å². The first-order chi connectivity index (χ1) is 34.9. The Kier molecular flexibility index (Phi) is 10.4. The number of hydrogen-bond acceptors (Lipinski definition) is 4. The molecule has 0 amide bonds. The molecule has 12 aromatic rings. The summed E-state index contributed by atoms with van der Waals surface area (Å²) in [5, 5.41) is 6.38. The number of benzene rings is 10. The molecule has 2 heterocycles. The summed E-state index contributed by atoms with van der Waals surface area (Å²) in [4.78, 5) is 6.28. The Labute approximate surface area is 423 Å². The number of para-hydroxylation sites is 2. The first kappa shape index (κ1) is 43.0. The zero-order chi connectivity index (χ0) is 47.8. The first-order valence-corrected chi connectivity index (χ1v) is 26.2. The van der Waals surface area contributed by atoms with Gasteiger partial charge in [-0.25, -0.2) is 0 Å². The van der Waals surface area contributed by atoms with Crippen molar-refractivity contribution in [2.45, 2.75) is 32.6 Å². The van der Waals surface area contributed by atoms with Crippen LogP contribution in [0.1, 0.15) is 42.3 Å². The van der Waals surface area contributed by atoms with Gasteiger partial charge >= 0.3 is 0 Å². The number of rotatable bonds is 10. The third-order valence-electron chi connectivity index (χ3n) is 14.8. The summed E-state index contributed by atoms with van der Waals surface area (Å²) in [5.74, 6) is 0. The van der Waals surface area contributed by atoms with Crippen LogP contribution in [-0.2, 0) is 11.8 Å². The Morgan fingerprint density at radius 3 is 1.65 bits per heavy atom. The van der Waals surface area contributed by atoms with E-state index in [0.717, 1.165) is 40.5 Å². The largest absolute Gasteiger partial charge is 0.310 e. The molecule has 71 heavy (non-hydrogen) atoms. The quantitative estimate of drug-likeness (QED) is 0.135. The summed E-state index contributed by atoms with van der Waals surface area (Å²) in [6.07, 6.45) is 3.02. The average Bonchev–Trinajstić information content (AvgIpc) is 4.07. The molecule has 0 radical (unpaired) electrons. The summed E-state index contributed by atoms with van der Waals surface area (Å²) in [7, 11) is 0. The van der Waals surface area contributed by atoms with E-state index < -0.39 is 0 Å². The minimum absolute atomic E-state index is 0.320. The van der Waals surface area contributed by atoms with Gasteiger partial charge in [-0.05, 0) is 135 Å². The van der Waals surface area contributed by atoms with Crippen LogP contribution in [0.3, 0.4) is 0 Å². The molecule has 340 valence electrons. The Morgan fingerprint density at radius 2 is 0.972 bits per heavy atom. The molecule has 4 heteroatoms. The second-order valence-electron chi connectivity index (χ2n) is 19.1. The fraction of sp³-hybridized carbons (Fsp3) is 0.0746. The van der Waals surface area contributed by atoms with Crippen LogP contribution < -0.4 is 9.80 Å². The molecule has 0 saturated heterocycles. The van der Waals surface area contributed by atoms with Crippen LogP contribution >= 0.6 is 22.7 Å². The van der Waals surface area contributed by atoms with Gasteiger partial charge in [0.15, 0.2) is 0 Å². The van der Waals surface area contributed by atoms with Crippen molar-refractivity contribution in [3.8, 4) is 33.4 Å². The van der Waals surface area contributed by atoms with Gasteiger partial charge < -0.3 is 9.80 Å². The third-order valence-corrected chi connectivity index (χ3v) is 17.4. The van der Waals surface area contributed by atoms with Crippen LogP contribution in [0.4, 0.5) is 34.1 Å². The summed E-state index contributed by atoms with van der Waals surface area (Å²) in [6.45, 7) is 11.3. The highest BCUT2D eigenvalue weighted by Crippen LogP contribution is 2.56. The second kappa shape index (κ2) is 17.1. The maximum Gasteiger partial charge on any atom is 0.0543 e. The molecule has 0 N–H and O–H groups in total. The molecule has 0 atom stereocenters. The van der Waals surface area contributed by atoms with Crippen molar-refractivity contribution in [1.29, 1.82) is 0 Å². The number of nitrogens with zero attached hydrogens (tertiary/aromatic N) is 2. The van der Waals surface area contributed by atoms with E-state index in [-0.39, 0.29) is 5.41 Å². The topological polar surface area (TPSA) is 6.48 Å². The molecule has 2 aromatic heterocycles. The van der Waals surface area contributed by atoms with Crippen molar-refractivity contribution in [2.24, 2.45) is 0 Å². The summed E-state index contributed by atoms with van der Waals surface area (Å²) >= 11 is 3.78. The van der Waals surface area contributed by atoms with Crippen LogP contribution in [0, 0.1) is 0 Å². The monoisotopic (exact) mass is 946 g/mol. The first-order valence-electron chi connectivity index (χ1n) is 24.6. The van der Waals surface area contributed by atoms with Crippen LogP contribution in [0.15, 0.2) is 225 Å². The molecule has 0 unspecified atom stereocenters. The maximum atomic E-state index is 4.20. The van der Waals surface area contributed by atoms with E-state index in [4.69, 9.17) is 0 Å². The summed E-state index contributed by atoms with van der Waals surface area (Å²) < 4.78 is 3.95. The lowest BCUT2D eigenvalue weighted by Gasteiger charge is -2.30. The lowest BCUT2D eigenvalue weighted by Crippen LogP contribution is -2.18. The van der Waals surface area contributed by atoms with E-state index in [1.54, 1.807) is 0 Å². The van der Waals surface area contributed by atoms with E-state index in [9.17, 15) is 0 Å². The molecule has 0 spiro atoms. The minimum atomic E-state index is -0.320. The van der Waals surface area contributed by atoms with Gasteiger partial charge in [-0.1, -0.05) is 179 Å². The highest BCUT2D eigenvalue weighted by Gasteiger charge is 2.39. The lowest BCUT2D eigenvalue weighted by molar-refractivity contribution is 0.661. The van der Waals surface area contributed by atoms with Crippen LogP contribution in [0.2, 0.25) is 0 Å². The molecule has 10 aromatic carbocycles. The second-order valence-corrected chi connectivity index (χ2v) is 21.3. The summed E-state index contributed by atoms with van der Waals surface area (Å²) in [5.41, 5.74) is 17.9. The van der Waals surface area contributed by atoms with E-state index in [2.05, 4.69) is 256 Å². The minimum Gasteiger partial charge on any atom is -0.310 e. The van der Waals surface area contributed by atoms with E-state index in [1.165, 1.54) is 96.0 Å². The number of anilines is 6. The number of hydrogen-bond donors (Lipinski definition) is 0. The molecular formula is C67H50N2S2. The zero-order valence-electron chi connectivity index (χ0n) is 40.0.